The predicted molar refractivity (Wildman–Crippen MR) is 125 cm³/mol. The van der Waals surface area contributed by atoms with Gasteiger partial charge in [0.1, 0.15) is 10.7 Å². The monoisotopic (exact) mass is 435 g/mol. The summed E-state index contributed by atoms with van der Waals surface area (Å²) in [6.07, 6.45) is 2.39. The first-order chi connectivity index (χ1) is 14.9. The van der Waals surface area contributed by atoms with Gasteiger partial charge in [0.2, 0.25) is 5.43 Å². The zero-order valence-corrected chi connectivity index (χ0v) is 18.9. The van der Waals surface area contributed by atoms with Crippen LogP contribution in [-0.4, -0.2) is 21.1 Å². The fraction of sp³-hybridized carbons (Fsp3) is 0.292. The molecule has 3 aromatic heterocycles. The predicted octanol–water partition coefficient (Wildman–Crippen LogP) is 4.58. The van der Waals surface area contributed by atoms with Crippen molar-refractivity contribution >= 4 is 21.6 Å². The molecule has 0 radical (unpaired) electrons. The molecule has 0 aliphatic rings. The van der Waals surface area contributed by atoms with E-state index in [1.54, 1.807) is 10.8 Å². The maximum atomic E-state index is 13.6. The molecule has 4 aromatic rings. The molecule has 6 nitrogen and oxygen atoms in total. The summed E-state index contributed by atoms with van der Waals surface area (Å²) in [7, 11) is 0. The second-order valence-electron chi connectivity index (χ2n) is 7.69. The van der Waals surface area contributed by atoms with Gasteiger partial charge in [0.25, 0.3) is 5.56 Å². The van der Waals surface area contributed by atoms with Crippen molar-refractivity contribution in [2.45, 2.75) is 40.7 Å². The standard InChI is InChI=1S/C24H25N3O3S/c1-5-9-30-20-12-25-18(11-19(20)28)13-27-22(17-8-6-7-14(2)10-17)26-23-21(24(27)29)15(3)16(4)31-23/h6-8,10-12H,5,9,13H2,1-4H3,(H,25,28). The minimum atomic E-state index is -0.205. The molecule has 160 valence electrons. The molecule has 0 aliphatic heterocycles. The van der Waals surface area contributed by atoms with Crippen LogP contribution in [0.2, 0.25) is 0 Å². The van der Waals surface area contributed by atoms with E-state index in [2.05, 4.69) is 4.98 Å². The lowest BCUT2D eigenvalue weighted by Crippen LogP contribution is -2.25. The number of nitrogens with one attached hydrogen (secondary N) is 1. The smallest absolute Gasteiger partial charge is 0.263 e. The van der Waals surface area contributed by atoms with Crippen LogP contribution in [0.3, 0.4) is 0 Å². The summed E-state index contributed by atoms with van der Waals surface area (Å²) in [6.45, 7) is 8.65. The van der Waals surface area contributed by atoms with E-state index in [4.69, 9.17) is 9.72 Å². The van der Waals surface area contributed by atoms with E-state index in [1.165, 1.54) is 17.4 Å². The molecule has 7 heteroatoms. The maximum Gasteiger partial charge on any atom is 0.263 e. The van der Waals surface area contributed by atoms with Crippen molar-refractivity contribution < 1.29 is 4.74 Å². The van der Waals surface area contributed by atoms with Crippen molar-refractivity contribution in [1.29, 1.82) is 0 Å². The van der Waals surface area contributed by atoms with Crippen LogP contribution >= 0.6 is 11.3 Å². The van der Waals surface area contributed by atoms with E-state index in [-0.39, 0.29) is 23.3 Å². The normalized spacial score (nSPS) is 11.2. The molecule has 0 unspecified atom stereocenters. The number of benzene rings is 1. The van der Waals surface area contributed by atoms with Crippen molar-refractivity contribution in [1.82, 2.24) is 14.5 Å². The molecule has 1 N–H and O–H groups in total. The Kier molecular flexibility index (Phi) is 5.78. The minimum absolute atomic E-state index is 0.101. The number of hydrogen-bond donors (Lipinski definition) is 1. The van der Waals surface area contributed by atoms with Crippen molar-refractivity contribution in [2.24, 2.45) is 0 Å². The van der Waals surface area contributed by atoms with Crippen LogP contribution in [0.15, 0.2) is 46.1 Å². The van der Waals surface area contributed by atoms with E-state index in [0.717, 1.165) is 32.8 Å². The van der Waals surface area contributed by atoms with E-state index in [1.807, 2.05) is 52.0 Å². The van der Waals surface area contributed by atoms with Crippen LogP contribution in [0.5, 0.6) is 5.75 Å². The van der Waals surface area contributed by atoms with E-state index < -0.39 is 0 Å². The third-order valence-corrected chi connectivity index (χ3v) is 6.39. The molecule has 0 spiro atoms. The van der Waals surface area contributed by atoms with Gasteiger partial charge < -0.3 is 9.72 Å². The van der Waals surface area contributed by atoms with Crippen LogP contribution in [-0.2, 0) is 6.54 Å². The Balaban J connectivity index is 1.88. The number of aromatic nitrogens is 3. The number of H-pyrrole nitrogens is 1. The number of thiophene rings is 1. The second-order valence-corrected chi connectivity index (χ2v) is 8.90. The minimum Gasteiger partial charge on any atom is -0.488 e. The zero-order valence-electron chi connectivity index (χ0n) is 18.1. The molecular weight excluding hydrogens is 410 g/mol. The number of fused-ring (bicyclic) bond motifs is 1. The molecule has 1 aromatic carbocycles. The summed E-state index contributed by atoms with van der Waals surface area (Å²) in [6, 6.07) is 9.43. The highest BCUT2D eigenvalue weighted by molar-refractivity contribution is 7.18. The molecule has 0 saturated carbocycles. The molecule has 0 amide bonds. The van der Waals surface area contributed by atoms with Crippen LogP contribution in [0.25, 0.3) is 21.6 Å². The summed E-state index contributed by atoms with van der Waals surface area (Å²) in [5, 5.41) is 0.643. The summed E-state index contributed by atoms with van der Waals surface area (Å²) >= 11 is 1.53. The van der Waals surface area contributed by atoms with Crippen molar-refractivity contribution in [3.63, 3.8) is 0 Å². The van der Waals surface area contributed by atoms with E-state index in [9.17, 15) is 9.59 Å². The Morgan fingerprint density at radius 1 is 1.16 bits per heavy atom. The number of rotatable bonds is 6. The highest BCUT2D eigenvalue weighted by atomic mass is 32.1. The average molecular weight is 436 g/mol. The molecule has 0 fully saturated rings. The summed E-state index contributed by atoms with van der Waals surface area (Å²) in [5.74, 6) is 0.879. The lowest BCUT2D eigenvalue weighted by Gasteiger charge is -2.14. The second kappa shape index (κ2) is 8.51. The Bertz CT molecular complexity index is 1380. The topological polar surface area (TPSA) is 77.0 Å². The van der Waals surface area contributed by atoms with Gasteiger partial charge in [-0.05, 0) is 38.8 Å². The Hall–Kier alpha value is -3.19. The lowest BCUT2D eigenvalue weighted by molar-refractivity contribution is 0.313. The molecule has 3 heterocycles. The van der Waals surface area contributed by atoms with Crippen LogP contribution in [0, 0.1) is 20.8 Å². The van der Waals surface area contributed by atoms with Gasteiger partial charge in [-0.15, -0.1) is 11.3 Å². The molecule has 0 bridgehead atoms. The van der Waals surface area contributed by atoms with Crippen molar-refractivity contribution in [3.8, 4) is 17.1 Å². The summed E-state index contributed by atoms with van der Waals surface area (Å²) in [5.41, 5.74) is 3.23. The fourth-order valence-electron chi connectivity index (χ4n) is 3.57. The van der Waals surface area contributed by atoms with Gasteiger partial charge in [-0.1, -0.05) is 30.7 Å². The maximum absolute atomic E-state index is 13.6. The number of aryl methyl sites for hydroxylation is 3. The van der Waals surface area contributed by atoms with Gasteiger partial charge in [-0.25, -0.2) is 4.98 Å². The van der Waals surface area contributed by atoms with Gasteiger partial charge in [0.05, 0.1) is 18.5 Å². The molecule has 0 saturated heterocycles. The van der Waals surface area contributed by atoms with Crippen molar-refractivity contribution in [2.75, 3.05) is 6.61 Å². The van der Waals surface area contributed by atoms with E-state index >= 15 is 0 Å². The fourth-order valence-corrected chi connectivity index (χ4v) is 4.59. The van der Waals surface area contributed by atoms with Gasteiger partial charge in [0, 0.05) is 28.4 Å². The number of ether oxygens (including phenoxy) is 1. The molecule has 0 atom stereocenters. The van der Waals surface area contributed by atoms with Gasteiger partial charge >= 0.3 is 0 Å². The third kappa shape index (κ3) is 4.05. The summed E-state index contributed by atoms with van der Waals surface area (Å²) in [4.78, 5) is 35.8. The first kappa shape index (κ1) is 21.1. The Labute approximate surface area is 184 Å². The van der Waals surface area contributed by atoms with Crippen molar-refractivity contribution in [3.05, 3.63) is 78.8 Å². The third-order valence-electron chi connectivity index (χ3n) is 5.29. The van der Waals surface area contributed by atoms with E-state index in [0.29, 0.717) is 23.5 Å². The molecule has 31 heavy (non-hydrogen) atoms. The molecular formula is C24H25N3O3S. The van der Waals surface area contributed by atoms with Gasteiger partial charge in [-0.2, -0.15) is 0 Å². The van der Waals surface area contributed by atoms with Crippen LogP contribution in [0.4, 0.5) is 0 Å². The number of nitrogens with zero attached hydrogens (tertiary/aromatic N) is 2. The largest absolute Gasteiger partial charge is 0.488 e. The molecule has 4 rings (SSSR count). The Morgan fingerprint density at radius 3 is 2.68 bits per heavy atom. The lowest BCUT2D eigenvalue weighted by atomic mass is 10.1. The highest BCUT2D eigenvalue weighted by Gasteiger charge is 2.18. The van der Waals surface area contributed by atoms with Gasteiger partial charge in [0.15, 0.2) is 5.75 Å². The SMILES string of the molecule is CCCOc1c[nH]c(Cn2c(-c3cccc(C)c3)nc3sc(C)c(C)c3c2=O)cc1=O. The zero-order chi connectivity index (χ0) is 22.1. The van der Waals surface area contributed by atoms with Crippen LogP contribution in [0.1, 0.15) is 35.0 Å². The quantitative estimate of drug-likeness (QED) is 0.481. The average Bonchev–Trinajstić information content (AvgIpc) is 3.03. The Morgan fingerprint density at radius 2 is 1.97 bits per heavy atom. The first-order valence-corrected chi connectivity index (χ1v) is 11.1. The highest BCUT2D eigenvalue weighted by Crippen LogP contribution is 2.29. The van der Waals surface area contributed by atoms with Crippen LogP contribution < -0.4 is 15.7 Å². The molecule has 0 aliphatic carbocycles. The number of hydrogen-bond acceptors (Lipinski definition) is 5. The summed E-state index contributed by atoms with van der Waals surface area (Å²) < 4.78 is 7.12. The first-order valence-electron chi connectivity index (χ1n) is 10.3. The number of pyridine rings is 1. The van der Waals surface area contributed by atoms with Gasteiger partial charge in [-0.3, -0.25) is 14.2 Å². The number of aromatic amines is 1.